The zero-order chi connectivity index (χ0) is 45.6. The van der Waals surface area contributed by atoms with E-state index >= 15 is 0 Å². The van der Waals surface area contributed by atoms with E-state index in [4.69, 9.17) is 14.2 Å². The lowest BCUT2D eigenvalue weighted by molar-refractivity contribution is -0.887. The summed E-state index contributed by atoms with van der Waals surface area (Å²) in [7, 11) is 5.52. The summed E-state index contributed by atoms with van der Waals surface area (Å²) in [6.45, 7) is 4.59. The van der Waals surface area contributed by atoms with Gasteiger partial charge in [-0.05, 0) is 70.6 Å². The lowest BCUT2D eigenvalue weighted by Gasteiger charge is -2.31. The Morgan fingerprint density at radius 1 is 0.516 bits per heavy atom. The van der Waals surface area contributed by atoms with Crippen molar-refractivity contribution < 1.29 is 38.2 Å². The van der Waals surface area contributed by atoms with Crippen molar-refractivity contribution in [2.24, 2.45) is 0 Å². The standard InChI is InChI=1S/C54H93NO7/c1-6-8-10-12-14-16-18-20-22-24-26-27-29-31-33-35-37-39-41-43-45-53(57)62-50(48-60-47-46-51(54(58)59)55(3,4)5)49-61-52(56)44-42-40-38-36-34-32-30-28-25-23-21-19-17-15-13-11-9-7-2/h8,10,14,16,19-23,25,28,30,50-51H,6-7,9,11-13,15,17-18,24,26-27,29,31-49H2,1-5H3/p+1/b10-8+,16-14+,21-19+,22-20+,25-23+,30-28+. The smallest absolute Gasteiger partial charge is 0.362 e. The third-order valence-electron chi connectivity index (χ3n) is 10.9. The number of carbonyl (C=O) groups is 3. The fraction of sp³-hybridized carbons (Fsp3) is 0.722. The number of hydrogen-bond acceptors (Lipinski definition) is 6. The summed E-state index contributed by atoms with van der Waals surface area (Å²) in [6, 6.07) is -0.622. The molecule has 0 saturated heterocycles. The van der Waals surface area contributed by atoms with Crippen LogP contribution < -0.4 is 0 Å². The Morgan fingerprint density at radius 2 is 0.968 bits per heavy atom. The van der Waals surface area contributed by atoms with Crippen LogP contribution in [0.3, 0.4) is 0 Å². The number of allylic oxidation sites excluding steroid dienone is 12. The Balaban J connectivity index is 4.32. The molecule has 0 aliphatic carbocycles. The highest BCUT2D eigenvalue weighted by atomic mass is 16.6. The molecule has 0 rings (SSSR count). The molecule has 0 spiro atoms. The summed E-state index contributed by atoms with van der Waals surface area (Å²) < 4.78 is 17.3. The highest BCUT2D eigenvalue weighted by molar-refractivity contribution is 5.72. The van der Waals surface area contributed by atoms with Crippen LogP contribution in [0.15, 0.2) is 72.9 Å². The van der Waals surface area contributed by atoms with Crippen LogP contribution in [0.5, 0.6) is 0 Å². The van der Waals surface area contributed by atoms with Gasteiger partial charge in [-0.25, -0.2) is 4.79 Å². The van der Waals surface area contributed by atoms with Crippen molar-refractivity contribution >= 4 is 17.9 Å². The maximum atomic E-state index is 12.8. The van der Waals surface area contributed by atoms with E-state index in [1.807, 2.05) is 21.1 Å². The second kappa shape index (κ2) is 44.4. The van der Waals surface area contributed by atoms with E-state index in [-0.39, 0.29) is 36.2 Å². The molecule has 62 heavy (non-hydrogen) atoms. The number of ether oxygens (including phenoxy) is 3. The van der Waals surface area contributed by atoms with E-state index in [2.05, 4.69) is 86.8 Å². The predicted molar refractivity (Wildman–Crippen MR) is 261 cm³/mol. The van der Waals surface area contributed by atoms with Crippen LogP contribution in [0.2, 0.25) is 0 Å². The van der Waals surface area contributed by atoms with Crippen LogP contribution >= 0.6 is 0 Å². The molecule has 8 heteroatoms. The van der Waals surface area contributed by atoms with Crippen LogP contribution in [0.1, 0.15) is 200 Å². The molecular weight excluding hydrogens is 775 g/mol. The van der Waals surface area contributed by atoms with Crippen molar-refractivity contribution in [2.75, 3.05) is 41.0 Å². The van der Waals surface area contributed by atoms with Gasteiger partial charge in [0.1, 0.15) is 6.61 Å². The van der Waals surface area contributed by atoms with Crippen LogP contribution in [0.25, 0.3) is 0 Å². The van der Waals surface area contributed by atoms with Gasteiger partial charge in [-0.1, -0.05) is 183 Å². The van der Waals surface area contributed by atoms with E-state index in [1.165, 1.54) is 83.5 Å². The number of carboxylic acid groups (broad SMARTS) is 1. The molecule has 1 N–H and O–H groups in total. The Kier molecular flexibility index (Phi) is 42.1. The summed E-state index contributed by atoms with van der Waals surface area (Å²) in [6.07, 6.45) is 56.6. The molecule has 0 aromatic carbocycles. The zero-order valence-corrected chi connectivity index (χ0v) is 40.6. The van der Waals surface area contributed by atoms with Gasteiger partial charge in [0.05, 0.1) is 34.4 Å². The normalized spacial score (nSPS) is 13.5. The van der Waals surface area contributed by atoms with Crippen molar-refractivity contribution in [3.63, 3.8) is 0 Å². The Morgan fingerprint density at radius 3 is 1.47 bits per heavy atom. The van der Waals surface area contributed by atoms with Crippen molar-refractivity contribution in [3.8, 4) is 0 Å². The molecule has 0 amide bonds. The number of carbonyl (C=O) groups excluding carboxylic acids is 2. The Hall–Kier alpha value is -3.23. The molecule has 0 heterocycles. The average Bonchev–Trinajstić information content (AvgIpc) is 3.23. The number of quaternary nitrogens is 1. The summed E-state index contributed by atoms with van der Waals surface area (Å²) >= 11 is 0. The van der Waals surface area contributed by atoms with Crippen molar-refractivity contribution in [1.29, 1.82) is 0 Å². The van der Waals surface area contributed by atoms with Gasteiger partial charge >= 0.3 is 17.9 Å². The Bertz CT molecular complexity index is 1240. The van der Waals surface area contributed by atoms with Crippen molar-refractivity contribution in [2.45, 2.75) is 212 Å². The summed E-state index contributed by atoms with van der Waals surface area (Å²) in [5.41, 5.74) is 0. The molecule has 0 aromatic heterocycles. The monoisotopic (exact) mass is 869 g/mol. The lowest BCUT2D eigenvalue weighted by Crippen LogP contribution is -2.50. The van der Waals surface area contributed by atoms with Crippen LogP contribution in [-0.2, 0) is 28.6 Å². The van der Waals surface area contributed by atoms with E-state index in [0.717, 1.165) is 83.5 Å². The second-order valence-corrected chi connectivity index (χ2v) is 17.7. The maximum Gasteiger partial charge on any atom is 0.362 e. The fourth-order valence-corrected chi connectivity index (χ4v) is 7.05. The zero-order valence-electron chi connectivity index (χ0n) is 40.6. The fourth-order valence-electron chi connectivity index (χ4n) is 7.05. The van der Waals surface area contributed by atoms with Gasteiger partial charge in [0.25, 0.3) is 0 Å². The number of carboxylic acids is 1. The molecule has 0 aliphatic heterocycles. The highest BCUT2D eigenvalue weighted by Gasteiger charge is 2.31. The topological polar surface area (TPSA) is 99.1 Å². The number of nitrogens with zero attached hydrogens (tertiary/aromatic N) is 1. The minimum Gasteiger partial charge on any atom is -0.477 e. The number of likely N-dealkylation sites (N-methyl/N-ethyl adjacent to an activating group) is 1. The van der Waals surface area contributed by atoms with Gasteiger partial charge in [-0.3, -0.25) is 9.59 Å². The van der Waals surface area contributed by atoms with E-state index < -0.39 is 18.1 Å². The van der Waals surface area contributed by atoms with Crippen molar-refractivity contribution in [3.05, 3.63) is 72.9 Å². The first kappa shape index (κ1) is 58.8. The number of aliphatic carboxylic acids is 1. The van der Waals surface area contributed by atoms with Gasteiger partial charge in [-0.15, -0.1) is 0 Å². The molecule has 2 atom stereocenters. The average molecular weight is 869 g/mol. The molecule has 0 aromatic rings. The minimum absolute atomic E-state index is 0.0500. The van der Waals surface area contributed by atoms with Gasteiger partial charge < -0.3 is 23.8 Å². The molecule has 8 nitrogen and oxygen atoms in total. The molecule has 356 valence electrons. The molecular formula is C54H94NO7+. The minimum atomic E-state index is -0.880. The molecule has 0 radical (unpaired) electrons. The van der Waals surface area contributed by atoms with Crippen LogP contribution in [0.4, 0.5) is 0 Å². The van der Waals surface area contributed by atoms with Gasteiger partial charge in [-0.2, -0.15) is 0 Å². The number of unbranched alkanes of at least 4 members (excludes halogenated alkanes) is 20. The third-order valence-corrected chi connectivity index (χ3v) is 10.9. The SMILES string of the molecule is CC/C=C/C/C=C/C/C=C/CCCCCCCCCCCCC(=O)OC(COCCC(C(=O)O)[N+](C)(C)C)COC(=O)CCCCCCC/C=C/C=C/C=C/CCCCCCC. The van der Waals surface area contributed by atoms with E-state index in [9.17, 15) is 19.5 Å². The van der Waals surface area contributed by atoms with E-state index in [1.54, 1.807) is 0 Å². The first-order valence-electron chi connectivity index (χ1n) is 25.0. The quantitative estimate of drug-likeness (QED) is 0.0214. The van der Waals surface area contributed by atoms with Crippen LogP contribution in [0, 0.1) is 0 Å². The first-order chi connectivity index (χ1) is 30.1. The summed E-state index contributed by atoms with van der Waals surface area (Å²) in [5.74, 6) is -1.50. The second-order valence-electron chi connectivity index (χ2n) is 17.7. The van der Waals surface area contributed by atoms with E-state index in [0.29, 0.717) is 19.3 Å². The number of esters is 2. The van der Waals surface area contributed by atoms with Gasteiger partial charge in [0.15, 0.2) is 12.1 Å². The number of hydrogen-bond donors (Lipinski definition) is 1. The maximum absolute atomic E-state index is 12.8. The van der Waals surface area contributed by atoms with Crippen LogP contribution in [-0.4, -0.2) is 80.6 Å². The van der Waals surface area contributed by atoms with Crippen molar-refractivity contribution in [1.82, 2.24) is 0 Å². The molecule has 0 bridgehead atoms. The lowest BCUT2D eigenvalue weighted by atomic mass is 10.0. The molecule has 0 saturated carbocycles. The highest BCUT2D eigenvalue weighted by Crippen LogP contribution is 2.15. The third kappa shape index (κ3) is 42.1. The largest absolute Gasteiger partial charge is 0.477 e. The number of rotatable bonds is 44. The summed E-state index contributed by atoms with van der Waals surface area (Å²) in [4.78, 5) is 37.1. The predicted octanol–water partition coefficient (Wildman–Crippen LogP) is 14.3. The van der Waals surface area contributed by atoms with Gasteiger partial charge in [0.2, 0.25) is 0 Å². The summed E-state index contributed by atoms with van der Waals surface area (Å²) in [5, 5.41) is 9.65. The molecule has 0 aliphatic rings. The molecule has 2 unspecified atom stereocenters. The first-order valence-corrected chi connectivity index (χ1v) is 25.0. The Labute approximate surface area is 381 Å². The van der Waals surface area contributed by atoms with Gasteiger partial charge in [0, 0.05) is 19.3 Å². The molecule has 0 fully saturated rings.